The van der Waals surface area contributed by atoms with Crippen molar-refractivity contribution in [2.45, 2.75) is 92.0 Å². The monoisotopic (exact) mass is 567 g/mol. The number of benzene rings is 2. The van der Waals surface area contributed by atoms with E-state index in [1.165, 1.54) is 4.90 Å². The van der Waals surface area contributed by atoms with E-state index in [-0.39, 0.29) is 19.5 Å². The number of carbonyl (C=O) groups is 4. The quantitative estimate of drug-likeness (QED) is 0.399. The van der Waals surface area contributed by atoms with Gasteiger partial charge in [-0.2, -0.15) is 0 Å². The Labute approximate surface area is 244 Å². The molecule has 9 nitrogen and oxygen atoms in total. The lowest BCUT2D eigenvalue weighted by Gasteiger charge is -2.33. The minimum Gasteiger partial charge on any atom is -0.458 e. The molecule has 0 fully saturated rings. The first-order chi connectivity index (χ1) is 19.0. The molecule has 9 heteroatoms. The van der Waals surface area contributed by atoms with Gasteiger partial charge in [-0.3, -0.25) is 9.59 Å². The van der Waals surface area contributed by atoms with E-state index >= 15 is 0 Å². The Morgan fingerprint density at radius 1 is 0.854 bits per heavy atom. The highest BCUT2D eigenvalue weighted by Gasteiger charge is 2.35. The van der Waals surface area contributed by atoms with E-state index in [0.29, 0.717) is 5.56 Å². The second-order valence-electron chi connectivity index (χ2n) is 12.0. The number of nitrogens with zero attached hydrogens (tertiary/aromatic N) is 1. The van der Waals surface area contributed by atoms with Crippen molar-refractivity contribution in [3.63, 3.8) is 0 Å². The van der Waals surface area contributed by atoms with E-state index in [1.807, 2.05) is 56.3 Å². The number of amides is 3. The number of rotatable bonds is 10. The first-order valence-corrected chi connectivity index (χ1v) is 13.9. The van der Waals surface area contributed by atoms with Gasteiger partial charge in [0.2, 0.25) is 11.8 Å². The number of hydrogen-bond acceptors (Lipinski definition) is 6. The number of aryl methyl sites for hydroxylation is 1. The van der Waals surface area contributed by atoms with Gasteiger partial charge >= 0.3 is 12.1 Å². The van der Waals surface area contributed by atoms with Gasteiger partial charge in [0.1, 0.15) is 29.8 Å². The average Bonchev–Trinajstić information content (AvgIpc) is 2.86. The molecular weight excluding hydrogens is 522 g/mol. The highest BCUT2D eigenvalue weighted by molar-refractivity contribution is 5.93. The number of esters is 1. The highest BCUT2D eigenvalue weighted by atomic mass is 16.6. The van der Waals surface area contributed by atoms with E-state index < -0.39 is 47.2 Å². The fraction of sp³-hybridized carbons (Fsp3) is 0.500. The number of alkyl carbamates (subject to hydrolysis) is 1. The van der Waals surface area contributed by atoms with Gasteiger partial charge in [0, 0.05) is 13.0 Å². The van der Waals surface area contributed by atoms with Crippen LogP contribution in [0.4, 0.5) is 4.79 Å². The minimum absolute atomic E-state index is 0.177. The maximum atomic E-state index is 14.1. The van der Waals surface area contributed by atoms with E-state index in [4.69, 9.17) is 9.47 Å². The Bertz CT molecular complexity index is 1210. The molecule has 2 unspecified atom stereocenters. The summed E-state index contributed by atoms with van der Waals surface area (Å²) in [5.74, 6) is -1.58. The smallest absolute Gasteiger partial charge is 0.408 e. The van der Waals surface area contributed by atoms with Gasteiger partial charge in [-0.15, -0.1) is 0 Å². The van der Waals surface area contributed by atoms with Crippen molar-refractivity contribution in [2.24, 2.45) is 0 Å². The van der Waals surface area contributed by atoms with Crippen LogP contribution in [0.2, 0.25) is 0 Å². The van der Waals surface area contributed by atoms with Crippen LogP contribution in [0.25, 0.3) is 0 Å². The Hall–Kier alpha value is -3.88. The van der Waals surface area contributed by atoms with Crippen molar-refractivity contribution in [2.75, 3.05) is 13.1 Å². The fourth-order valence-corrected chi connectivity index (χ4v) is 4.25. The molecule has 3 amide bonds. The first-order valence-electron chi connectivity index (χ1n) is 13.9. The minimum atomic E-state index is -1.06. The zero-order chi connectivity index (χ0) is 31.0. The molecule has 0 aromatic heterocycles. The van der Waals surface area contributed by atoms with Crippen molar-refractivity contribution >= 4 is 23.9 Å². The molecule has 2 aromatic rings. The van der Waals surface area contributed by atoms with Crippen LogP contribution in [-0.4, -0.2) is 59.1 Å². The van der Waals surface area contributed by atoms with Crippen molar-refractivity contribution in [3.8, 4) is 0 Å². The molecule has 0 heterocycles. The fourth-order valence-electron chi connectivity index (χ4n) is 4.25. The molecule has 2 N–H and O–H groups in total. The Morgan fingerprint density at radius 2 is 1.46 bits per heavy atom. The summed E-state index contributed by atoms with van der Waals surface area (Å²) in [6.07, 6.45) is -0.524. The van der Waals surface area contributed by atoms with E-state index in [9.17, 15) is 19.2 Å². The summed E-state index contributed by atoms with van der Waals surface area (Å²) in [4.78, 5) is 54.4. The summed E-state index contributed by atoms with van der Waals surface area (Å²) < 4.78 is 10.9. The third-order valence-corrected chi connectivity index (χ3v) is 6.24. The Morgan fingerprint density at radius 3 is 2.02 bits per heavy atom. The normalized spacial score (nSPS) is 13.0. The summed E-state index contributed by atoms with van der Waals surface area (Å²) in [5, 5.41) is 5.36. The van der Waals surface area contributed by atoms with Crippen LogP contribution < -0.4 is 10.6 Å². The lowest BCUT2D eigenvalue weighted by atomic mass is 9.95. The lowest BCUT2D eigenvalue weighted by molar-refractivity contribution is -0.159. The predicted molar refractivity (Wildman–Crippen MR) is 158 cm³/mol. The Balaban J connectivity index is 2.44. The molecule has 0 bridgehead atoms. The molecule has 0 radical (unpaired) electrons. The van der Waals surface area contributed by atoms with E-state index in [1.54, 1.807) is 54.5 Å². The van der Waals surface area contributed by atoms with Crippen LogP contribution >= 0.6 is 0 Å². The number of nitrogens with one attached hydrogen (secondary N) is 2. The van der Waals surface area contributed by atoms with Crippen molar-refractivity contribution in [3.05, 3.63) is 70.8 Å². The van der Waals surface area contributed by atoms with E-state index in [0.717, 1.165) is 16.7 Å². The van der Waals surface area contributed by atoms with Crippen molar-refractivity contribution in [1.29, 1.82) is 0 Å². The van der Waals surface area contributed by atoms with E-state index in [2.05, 4.69) is 10.6 Å². The zero-order valence-electron chi connectivity index (χ0n) is 25.8. The van der Waals surface area contributed by atoms with Gasteiger partial charge in [0.25, 0.3) is 0 Å². The second kappa shape index (κ2) is 14.1. The molecule has 2 atom stereocenters. The molecule has 0 aliphatic carbocycles. The van der Waals surface area contributed by atoms with Crippen molar-refractivity contribution in [1.82, 2.24) is 15.5 Å². The molecule has 0 saturated carbocycles. The lowest BCUT2D eigenvalue weighted by Crippen LogP contribution is -2.52. The largest absolute Gasteiger partial charge is 0.458 e. The van der Waals surface area contributed by atoms with Crippen molar-refractivity contribution < 1.29 is 28.7 Å². The predicted octanol–water partition coefficient (Wildman–Crippen LogP) is 4.79. The molecule has 224 valence electrons. The zero-order valence-corrected chi connectivity index (χ0v) is 25.8. The van der Waals surface area contributed by atoms with Crippen LogP contribution in [0.5, 0.6) is 0 Å². The van der Waals surface area contributed by atoms with Crippen LogP contribution in [0, 0.1) is 13.8 Å². The molecule has 0 spiro atoms. The summed E-state index contributed by atoms with van der Waals surface area (Å²) in [6, 6.07) is 12.8. The number of carbonyl (C=O) groups excluding carboxylic acids is 4. The number of likely N-dealkylation sites (N-methyl/N-ethyl adjacent to an activating group) is 1. The maximum Gasteiger partial charge on any atom is 0.408 e. The van der Waals surface area contributed by atoms with Gasteiger partial charge in [-0.1, -0.05) is 48.5 Å². The third-order valence-electron chi connectivity index (χ3n) is 6.24. The standard InChI is InChI=1S/C32H45N3O6/c1-10-35(26(36)20-33-30(39)41-32(7,8)9)27(24-18-14-15-21(2)22(24)3)28(37)34-25(29(38)40-31(4,5)6)19-23-16-12-11-13-17-23/h11-18,25,27H,10,19-20H2,1-9H3,(H,33,39)(H,34,37). The van der Waals surface area contributed by atoms with Gasteiger partial charge in [0.15, 0.2) is 0 Å². The maximum absolute atomic E-state index is 14.1. The third kappa shape index (κ3) is 10.6. The molecule has 41 heavy (non-hydrogen) atoms. The first kappa shape index (κ1) is 33.3. The van der Waals surface area contributed by atoms with Crippen LogP contribution in [-0.2, 0) is 30.3 Å². The average molecular weight is 568 g/mol. The van der Waals surface area contributed by atoms with Gasteiger partial charge < -0.3 is 25.0 Å². The molecule has 0 saturated heterocycles. The molecule has 2 rings (SSSR count). The summed E-state index contributed by atoms with van der Waals surface area (Å²) in [6.45, 7) is 15.9. The molecule has 2 aromatic carbocycles. The Kier molecular flexibility index (Phi) is 11.5. The topological polar surface area (TPSA) is 114 Å². The molecule has 0 aliphatic rings. The van der Waals surface area contributed by atoms with Crippen LogP contribution in [0.15, 0.2) is 48.5 Å². The number of ether oxygens (including phenoxy) is 2. The van der Waals surface area contributed by atoms with Gasteiger partial charge in [-0.25, -0.2) is 9.59 Å². The number of hydrogen-bond donors (Lipinski definition) is 2. The highest BCUT2D eigenvalue weighted by Crippen LogP contribution is 2.27. The van der Waals surface area contributed by atoms with Gasteiger partial charge in [-0.05, 0) is 84.6 Å². The van der Waals surface area contributed by atoms with Crippen LogP contribution in [0.1, 0.15) is 76.8 Å². The summed E-state index contributed by atoms with van der Waals surface area (Å²) in [7, 11) is 0. The summed E-state index contributed by atoms with van der Waals surface area (Å²) >= 11 is 0. The second-order valence-corrected chi connectivity index (χ2v) is 12.0. The van der Waals surface area contributed by atoms with Gasteiger partial charge in [0.05, 0.1) is 0 Å². The van der Waals surface area contributed by atoms with Crippen LogP contribution in [0.3, 0.4) is 0 Å². The SMILES string of the molecule is CCN(C(=O)CNC(=O)OC(C)(C)C)C(C(=O)NC(Cc1ccccc1)C(=O)OC(C)(C)C)c1cccc(C)c1C. The molecule has 0 aliphatic heterocycles. The summed E-state index contributed by atoms with van der Waals surface area (Å²) in [5.41, 5.74) is 1.77. The molecular formula is C32H45N3O6.